The molecule has 1 heterocycles. The third-order valence-corrected chi connectivity index (χ3v) is 2.17. The van der Waals surface area contributed by atoms with E-state index in [1.807, 2.05) is 0 Å². The number of carbonyl (C=O) groups is 1. The Morgan fingerprint density at radius 1 is 1.50 bits per heavy atom. The molecule has 1 aromatic heterocycles. The van der Waals surface area contributed by atoms with Gasteiger partial charge in [0.25, 0.3) is 0 Å². The Balaban J connectivity index is 2.70. The molecule has 0 bridgehead atoms. The van der Waals surface area contributed by atoms with Crippen molar-refractivity contribution in [1.29, 1.82) is 0 Å². The maximum atomic E-state index is 11.9. The van der Waals surface area contributed by atoms with Crippen molar-refractivity contribution in [3.8, 4) is 5.88 Å². The number of rotatable bonds is 6. The van der Waals surface area contributed by atoms with Gasteiger partial charge in [-0.1, -0.05) is 0 Å². The van der Waals surface area contributed by atoms with E-state index in [1.54, 1.807) is 0 Å². The monoisotopic (exact) mass is 293 g/mol. The van der Waals surface area contributed by atoms with E-state index in [2.05, 4.69) is 15.0 Å². The number of carboxylic acid groups (broad SMARTS) is 1. The van der Waals surface area contributed by atoms with Crippen LogP contribution in [0.4, 0.5) is 18.0 Å². The lowest BCUT2D eigenvalue weighted by Gasteiger charge is -2.19. The van der Waals surface area contributed by atoms with Gasteiger partial charge in [-0.25, -0.2) is 4.98 Å². The van der Waals surface area contributed by atoms with E-state index < -0.39 is 24.9 Å². The molecule has 20 heavy (non-hydrogen) atoms. The molecule has 1 aromatic rings. The minimum atomic E-state index is -4.45. The van der Waals surface area contributed by atoms with E-state index in [0.29, 0.717) is 5.56 Å². The highest BCUT2D eigenvalue weighted by Crippen LogP contribution is 2.19. The van der Waals surface area contributed by atoms with Crippen molar-refractivity contribution in [3.63, 3.8) is 0 Å². The highest BCUT2D eigenvalue weighted by Gasteiger charge is 2.28. The molecule has 0 fully saturated rings. The number of halogens is 3. The van der Waals surface area contributed by atoms with E-state index >= 15 is 0 Å². The average Bonchev–Trinajstić information content (AvgIpc) is 2.35. The van der Waals surface area contributed by atoms with Crippen LogP contribution >= 0.6 is 0 Å². The molecular formula is C11H12F3N2O4-. The number of hydrogen-bond donors (Lipinski definition) is 1. The lowest BCUT2D eigenvalue weighted by Crippen LogP contribution is -2.40. The number of methoxy groups -OCH3 is 1. The van der Waals surface area contributed by atoms with E-state index in [-0.39, 0.29) is 12.5 Å². The molecule has 1 unspecified atom stereocenters. The van der Waals surface area contributed by atoms with Gasteiger partial charge in [0.1, 0.15) is 6.09 Å². The molecule has 6 nitrogen and oxygen atoms in total. The lowest BCUT2D eigenvalue weighted by atomic mass is 10.1. The van der Waals surface area contributed by atoms with E-state index in [1.165, 1.54) is 25.4 Å². The van der Waals surface area contributed by atoms with Gasteiger partial charge in [0.15, 0.2) is 6.61 Å². The summed E-state index contributed by atoms with van der Waals surface area (Å²) >= 11 is 0. The summed E-state index contributed by atoms with van der Waals surface area (Å²) in [5, 5.41) is 12.6. The van der Waals surface area contributed by atoms with Crippen LogP contribution in [0, 0.1) is 0 Å². The second-order valence-corrected chi connectivity index (χ2v) is 3.77. The largest absolute Gasteiger partial charge is 0.530 e. The molecule has 112 valence electrons. The molecule has 0 aliphatic heterocycles. The Labute approximate surface area is 112 Å². The minimum Gasteiger partial charge on any atom is -0.530 e. The molecule has 9 heteroatoms. The zero-order valence-electron chi connectivity index (χ0n) is 10.4. The van der Waals surface area contributed by atoms with Gasteiger partial charge >= 0.3 is 6.18 Å². The van der Waals surface area contributed by atoms with Gasteiger partial charge in [-0.3, -0.25) is 0 Å². The molecule has 0 saturated carbocycles. The number of hydrogen-bond acceptors (Lipinski definition) is 5. The predicted octanol–water partition coefficient (Wildman–Crippen LogP) is 0.643. The van der Waals surface area contributed by atoms with Crippen LogP contribution in [-0.2, 0) is 4.74 Å². The molecule has 0 aliphatic carbocycles. The van der Waals surface area contributed by atoms with Gasteiger partial charge in [-0.2, -0.15) is 13.2 Å². The number of nitrogens with one attached hydrogen (secondary N) is 1. The van der Waals surface area contributed by atoms with Crippen molar-refractivity contribution in [1.82, 2.24) is 10.3 Å². The number of amides is 1. The molecule has 0 spiro atoms. The van der Waals surface area contributed by atoms with Crippen LogP contribution in [0.3, 0.4) is 0 Å². The Bertz CT molecular complexity index is 436. The van der Waals surface area contributed by atoms with E-state index in [4.69, 9.17) is 4.74 Å². The van der Waals surface area contributed by atoms with Crippen molar-refractivity contribution < 1.29 is 32.5 Å². The zero-order valence-corrected chi connectivity index (χ0v) is 10.4. The maximum Gasteiger partial charge on any atom is 0.422 e. The molecule has 0 radical (unpaired) electrons. The van der Waals surface area contributed by atoms with Crippen LogP contribution < -0.4 is 15.2 Å². The minimum absolute atomic E-state index is 0.0262. The summed E-state index contributed by atoms with van der Waals surface area (Å²) in [4.78, 5) is 14.2. The number of alkyl halides is 3. The van der Waals surface area contributed by atoms with Crippen LogP contribution in [0.2, 0.25) is 0 Å². The van der Waals surface area contributed by atoms with Gasteiger partial charge in [0, 0.05) is 19.4 Å². The molecule has 1 atom stereocenters. The standard InChI is InChI=1S/C11H13F3N2O4/c1-19-5-8(16-10(17)18)7-2-3-9(15-4-7)20-6-11(12,13)14/h2-4,8,16H,5-6H2,1H3,(H,17,18)/p-1. The summed E-state index contributed by atoms with van der Waals surface area (Å²) in [5.74, 6) is -0.212. The zero-order chi connectivity index (χ0) is 15.2. The van der Waals surface area contributed by atoms with Gasteiger partial charge in [0.05, 0.1) is 12.6 Å². The smallest absolute Gasteiger partial charge is 0.422 e. The quantitative estimate of drug-likeness (QED) is 0.832. The summed E-state index contributed by atoms with van der Waals surface area (Å²) < 4.78 is 45.1. The summed E-state index contributed by atoms with van der Waals surface area (Å²) in [6, 6.07) is 1.87. The average molecular weight is 293 g/mol. The first-order chi connectivity index (χ1) is 9.31. The lowest BCUT2D eigenvalue weighted by molar-refractivity contribution is -0.252. The molecule has 0 aromatic carbocycles. The third kappa shape index (κ3) is 5.74. The van der Waals surface area contributed by atoms with Crippen LogP contribution in [-0.4, -0.2) is 37.6 Å². The first kappa shape index (κ1) is 16.0. The molecule has 1 N–H and O–H groups in total. The first-order valence-electron chi connectivity index (χ1n) is 5.44. The normalized spacial score (nSPS) is 12.8. The van der Waals surface area contributed by atoms with Gasteiger partial charge in [0.2, 0.25) is 5.88 Å². The third-order valence-electron chi connectivity index (χ3n) is 2.17. The Morgan fingerprint density at radius 2 is 2.20 bits per heavy atom. The van der Waals surface area contributed by atoms with Crippen LogP contribution in [0.25, 0.3) is 0 Å². The second kappa shape index (κ2) is 6.94. The van der Waals surface area contributed by atoms with Crippen LogP contribution in [0.1, 0.15) is 11.6 Å². The first-order valence-corrected chi connectivity index (χ1v) is 5.44. The van der Waals surface area contributed by atoms with Crippen molar-refractivity contribution in [2.24, 2.45) is 0 Å². The van der Waals surface area contributed by atoms with Gasteiger partial charge in [-0.15, -0.1) is 0 Å². The van der Waals surface area contributed by atoms with Crippen molar-refractivity contribution in [3.05, 3.63) is 23.9 Å². The molecule has 0 aliphatic rings. The summed E-state index contributed by atoms with van der Waals surface area (Å²) in [6.07, 6.45) is -4.75. The molecule has 0 saturated heterocycles. The predicted molar refractivity (Wildman–Crippen MR) is 58.9 cm³/mol. The van der Waals surface area contributed by atoms with Crippen molar-refractivity contribution >= 4 is 6.09 Å². The fourth-order valence-corrected chi connectivity index (χ4v) is 1.37. The van der Waals surface area contributed by atoms with Crippen molar-refractivity contribution in [2.45, 2.75) is 12.2 Å². The Hall–Kier alpha value is -2.03. The topological polar surface area (TPSA) is 83.5 Å². The van der Waals surface area contributed by atoms with Crippen LogP contribution in [0.5, 0.6) is 5.88 Å². The number of carbonyl (C=O) groups excluding carboxylic acids is 1. The Kier molecular flexibility index (Phi) is 5.56. The molecular weight excluding hydrogens is 281 g/mol. The Morgan fingerprint density at radius 3 is 2.65 bits per heavy atom. The highest BCUT2D eigenvalue weighted by atomic mass is 19.4. The SMILES string of the molecule is COCC(NC(=O)[O-])c1ccc(OCC(F)(F)F)nc1. The van der Waals surface area contributed by atoms with E-state index in [9.17, 15) is 23.1 Å². The highest BCUT2D eigenvalue weighted by molar-refractivity contribution is 5.62. The van der Waals surface area contributed by atoms with Gasteiger partial charge in [-0.05, 0) is 11.6 Å². The van der Waals surface area contributed by atoms with E-state index in [0.717, 1.165) is 0 Å². The second-order valence-electron chi connectivity index (χ2n) is 3.77. The number of nitrogens with zero attached hydrogens (tertiary/aromatic N) is 1. The number of aromatic nitrogens is 1. The van der Waals surface area contributed by atoms with Crippen molar-refractivity contribution in [2.75, 3.05) is 20.3 Å². The fourth-order valence-electron chi connectivity index (χ4n) is 1.37. The number of ether oxygens (including phenoxy) is 2. The maximum absolute atomic E-state index is 11.9. The summed E-state index contributed by atoms with van der Waals surface area (Å²) in [6.45, 7) is -1.42. The summed E-state index contributed by atoms with van der Waals surface area (Å²) in [7, 11) is 1.37. The fraction of sp³-hybridized carbons (Fsp3) is 0.455. The summed E-state index contributed by atoms with van der Waals surface area (Å²) in [5.41, 5.74) is 0.412. The van der Waals surface area contributed by atoms with Gasteiger partial charge < -0.3 is 24.7 Å². The molecule has 1 amide bonds. The number of pyridine rings is 1. The molecule has 1 rings (SSSR count). The van der Waals surface area contributed by atoms with Crippen LogP contribution in [0.15, 0.2) is 18.3 Å².